The van der Waals surface area contributed by atoms with Crippen molar-refractivity contribution in [1.82, 2.24) is 9.80 Å². The maximum Gasteiger partial charge on any atom is 0.236 e. The Balaban J connectivity index is 4.02. The highest BCUT2D eigenvalue weighted by molar-refractivity contribution is 5.77. The van der Waals surface area contributed by atoms with Crippen LogP contribution in [0.1, 0.15) is 33.1 Å². The summed E-state index contributed by atoms with van der Waals surface area (Å²) in [4.78, 5) is 15.6. The van der Waals surface area contributed by atoms with Crippen molar-refractivity contribution in [2.75, 3.05) is 33.2 Å². The van der Waals surface area contributed by atoms with E-state index in [1.54, 1.807) is 11.9 Å². The molecule has 16 heavy (non-hydrogen) atoms. The molecule has 0 aliphatic heterocycles. The lowest BCUT2D eigenvalue weighted by molar-refractivity contribution is -0.131. The molecule has 4 nitrogen and oxygen atoms in total. The second kappa shape index (κ2) is 9.17. The van der Waals surface area contributed by atoms with Crippen LogP contribution in [0.4, 0.5) is 0 Å². The third kappa shape index (κ3) is 6.41. The Kier molecular flexibility index (Phi) is 8.55. The summed E-state index contributed by atoms with van der Waals surface area (Å²) in [7, 11) is 1.76. The number of nitrogens with zero attached hydrogens (tertiary/aromatic N) is 3. The van der Waals surface area contributed by atoms with Gasteiger partial charge in [-0.2, -0.15) is 5.26 Å². The van der Waals surface area contributed by atoms with Crippen LogP contribution in [0.3, 0.4) is 0 Å². The third-order valence-electron chi connectivity index (χ3n) is 2.42. The van der Waals surface area contributed by atoms with E-state index in [9.17, 15) is 4.79 Å². The van der Waals surface area contributed by atoms with E-state index in [2.05, 4.69) is 18.7 Å². The van der Waals surface area contributed by atoms with Crippen LogP contribution >= 0.6 is 0 Å². The topological polar surface area (TPSA) is 47.3 Å². The zero-order valence-electron chi connectivity index (χ0n) is 10.7. The normalized spacial score (nSPS) is 10.2. The molecule has 0 bridgehead atoms. The van der Waals surface area contributed by atoms with E-state index < -0.39 is 0 Å². The summed E-state index contributed by atoms with van der Waals surface area (Å²) in [6.45, 7) is 7.17. The van der Waals surface area contributed by atoms with Crippen LogP contribution in [0.15, 0.2) is 0 Å². The molecule has 92 valence electrons. The van der Waals surface area contributed by atoms with Gasteiger partial charge in [-0.3, -0.25) is 9.69 Å². The van der Waals surface area contributed by atoms with Gasteiger partial charge in [0.1, 0.15) is 0 Å². The molecule has 0 saturated carbocycles. The predicted octanol–water partition coefficient (Wildman–Crippen LogP) is 1.48. The lowest BCUT2D eigenvalue weighted by Crippen LogP contribution is -2.39. The Morgan fingerprint density at radius 3 is 2.19 bits per heavy atom. The number of carbonyl (C=O) groups excluding carboxylic acids is 1. The van der Waals surface area contributed by atoms with Crippen molar-refractivity contribution in [2.24, 2.45) is 0 Å². The Labute approximate surface area is 98.8 Å². The molecule has 0 aromatic rings. The van der Waals surface area contributed by atoms with Crippen molar-refractivity contribution in [2.45, 2.75) is 33.1 Å². The van der Waals surface area contributed by atoms with E-state index in [0.29, 0.717) is 19.5 Å². The molecule has 0 aliphatic carbocycles. The SMILES string of the molecule is CCCN(CCC)CC(=O)N(C)CCC#N. The number of rotatable bonds is 8. The first kappa shape index (κ1) is 14.9. The van der Waals surface area contributed by atoms with Gasteiger partial charge in [0.25, 0.3) is 0 Å². The average Bonchev–Trinajstić information content (AvgIpc) is 2.26. The van der Waals surface area contributed by atoms with Crippen LogP contribution in [-0.4, -0.2) is 48.9 Å². The van der Waals surface area contributed by atoms with E-state index in [-0.39, 0.29) is 5.91 Å². The van der Waals surface area contributed by atoms with Gasteiger partial charge in [-0.1, -0.05) is 13.8 Å². The fourth-order valence-corrected chi connectivity index (χ4v) is 1.56. The van der Waals surface area contributed by atoms with Crippen molar-refractivity contribution in [3.05, 3.63) is 0 Å². The van der Waals surface area contributed by atoms with E-state index in [1.165, 1.54) is 0 Å². The molecule has 0 radical (unpaired) electrons. The highest BCUT2D eigenvalue weighted by Gasteiger charge is 2.12. The molecular weight excluding hydrogens is 202 g/mol. The van der Waals surface area contributed by atoms with E-state index >= 15 is 0 Å². The van der Waals surface area contributed by atoms with E-state index in [1.807, 2.05) is 6.07 Å². The Hall–Kier alpha value is -1.08. The van der Waals surface area contributed by atoms with Gasteiger partial charge in [-0.05, 0) is 25.9 Å². The summed E-state index contributed by atoms with van der Waals surface area (Å²) in [6, 6.07) is 2.05. The lowest BCUT2D eigenvalue weighted by atomic mass is 10.3. The molecule has 0 rings (SSSR count). The van der Waals surface area contributed by atoms with Gasteiger partial charge in [0.15, 0.2) is 0 Å². The molecule has 0 saturated heterocycles. The molecule has 0 spiro atoms. The van der Waals surface area contributed by atoms with Crippen molar-refractivity contribution in [3.63, 3.8) is 0 Å². The first-order valence-electron chi connectivity index (χ1n) is 5.98. The lowest BCUT2D eigenvalue weighted by Gasteiger charge is -2.23. The second-order valence-electron chi connectivity index (χ2n) is 4.00. The molecule has 0 aromatic heterocycles. The Morgan fingerprint density at radius 1 is 1.19 bits per heavy atom. The van der Waals surface area contributed by atoms with Crippen LogP contribution in [0.5, 0.6) is 0 Å². The van der Waals surface area contributed by atoms with Crippen molar-refractivity contribution in [1.29, 1.82) is 5.26 Å². The fourth-order valence-electron chi connectivity index (χ4n) is 1.56. The van der Waals surface area contributed by atoms with Gasteiger partial charge >= 0.3 is 0 Å². The Morgan fingerprint density at radius 2 is 1.75 bits per heavy atom. The van der Waals surface area contributed by atoms with Crippen LogP contribution in [0.25, 0.3) is 0 Å². The summed E-state index contributed by atoms with van der Waals surface area (Å²) >= 11 is 0. The van der Waals surface area contributed by atoms with Crippen molar-refractivity contribution in [3.8, 4) is 6.07 Å². The first-order valence-corrected chi connectivity index (χ1v) is 5.98. The molecule has 0 atom stereocenters. The summed E-state index contributed by atoms with van der Waals surface area (Å²) in [5, 5.41) is 8.45. The molecule has 0 unspecified atom stereocenters. The number of hydrogen-bond acceptors (Lipinski definition) is 3. The van der Waals surface area contributed by atoms with Crippen molar-refractivity contribution < 1.29 is 4.79 Å². The number of hydrogen-bond donors (Lipinski definition) is 0. The largest absolute Gasteiger partial charge is 0.344 e. The molecule has 0 aliphatic rings. The summed E-state index contributed by atoms with van der Waals surface area (Å²) in [5.74, 6) is 0.108. The van der Waals surface area contributed by atoms with Crippen LogP contribution in [0, 0.1) is 11.3 Å². The molecule has 0 fully saturated rings. The maximum atomic E-state index is 11.8. The molecule has 4 heteroatoms. The minimum atomic E-state index is 0.108. The second-order valence-corrected chi connectivity index (χ2v) is 4.00. The zero-order chi connectivity index (χ0) is 12.4. The number of likely N-dealkylation sites (N-methyl/N-ethyl adjacent to an activating group) is 1. The minimum Gasteiger partial charge on any atom is -0.344 e. The molecule has 1 amide bonds. The molecule has 0 aromatic carbocycles. The number of carbonyl (C=O) groups is 1. The summed E-state index contributed by atoms with van der Waals surface area (Å²) in [6.07, 6.45) is 2.54. The van der Waals surface area contributed by atoms with Crippen LogP contribution in [0.2, 0.25) is 0 Å². The number of amides is 1. The van der Waals surface area contributed by atoms with Crippen LogP contribution in [-0.2, 0) is 4.79 Å². The van der Waals surface area contributed by atoms with Crippen molar-refractivity contribution >= 4 is 5.91 Å². The minimum absolute atomic E-state index is 0.108. The summed E-state index contributed by atoms with van der Waals surface area (Å²) in [5.41, 5.74) is 0. The standard InChI is InChI=1S/C12H23N3O/c1-4-8-15(9-5-2)11-12(16)14(3)10-6-7-13/h4-6,8-11H2,1-3H3. The molecular formula is C12H23N3O. The van der Waals surface area contributed by atoms with Gasteiger partial charge in [0.2, 0.25) is 5.91 Å². The molecule has 0 heterocycles. The van der Waals surface area contributed by atoms with Crippen LogP contribution < -0.4 is 0 Å². The van der Waals surface area contributed by atoms with Gasteiger partial charge in [-0.25, -0.2) is 0 Å². The van der Waals surface area contributed by atoms with Gasteiger partial charge in [0.05, 0.1) is 19.0 Å². The van der Waals surface area contributed by atoms with Gasteiger partial charge in [-0.15, -0.1) is 0 Å². The highest BCUT2D eigenvalue weighted by atomic mass is 16.2. The zero-order valence-corrected chi connectivity index (χ0v) is 10.7. The third-order valence-corrected chi connectivity index (χ3v) is 2.42. The average molecular weight is 225 g/mol. The molecule has 0 N–H and O–H groups in total. The number of nitriles is 1. The van der Waals surface area contributed by atoms with E-state index in [4.69, 9.17) is 5.26 Å². The maximum absolute atomic E-state index is 11.8. The summed E-state index contributed by atoms with van der Waals surface area (Å²) < 4.78 is 0. The van der Waals surface area contributed by atoms with E-state index in [0.717, 1.165) is 25.9 Å². The first-order chi connectivity index (χ1) is 7.65. The van der Waals surface area contributed by atoms with Gasteiger partial charge in [0, 0.05) is 13.6 Å². The predicted molar refractivity (Wildman–Crippen MR) is 64.9 cm³/mol. The monoisotopic (exact) mass is 225 g/mol. The van der Waals surface area contributed by atoms with Gasteiger partial charge < -0.3 is 4.90 Å². The fraction of sp³-hybridized carbons (Fsp3) is 0.833. The smallest absolute Gasteiger partial charge is 0.236 e. The quantitative estimate of drug-likeness (QED) is 0.628. The Bertz CT molecular complexity index is 229. The highest BCUT2D eigenvalue weighted by Crippen LogP contribution is 1.97.